The number of ether oxygens (including phenoxy) is 1. The normalized spacial score (nSPS) is 18.9. The van der Waals surface area contributed by atoms with E-state index in [-0.39, 0.29) is 41.7 Å². The van der Waals surface area contributed by atoms with Gasteiger partial charge in [-0.2, -0.15) is 19.0 Å². The summed E-state index contributed by atoms with van der Waals surface area (Å²) in [6.07, 6.45) is 8.44. The molecule has 1 unspecified atom stereocenters. The highest BCUT2D eigenvalue weighted by Crippen LogP contribution is 2.41. The molecule has 4 amide bonds. The number of piperidine rings is 3. The molecule has 71 heavy (non-hydrogen) atoms. The summed E-state index contributed by atoms with van der Waals surface area (Å²) in [5.74, 6) is -5.68. The summed E-state index contributed by atoms with van der Waals surface area (Å²) in [6.45, 7) is 5.79. The summed E-state index contributed by atoms with van der Waals surface area (Å²) in [7, 11) is -3.31. The van der Waals surface area contributed by atoms with Crippen molar-refractivity contribution in [2.75, 3.05) is 48.1 Å². The van der Waals surface area contributed by atoms with E-state index < -0.39 is 57.4 Å². The van der Waals surface area contributed by atoms with E-state index in [1.165, 1.54) is 42.5 Å². The van der Waals surface area contributed by atoms with Crippen LogP contribution in [0.15, 0.2) is 79.3 Å². The number of aryl methyl sites for hydroxylation is 1. The number of nitrogens with one attached hydrogen (secondary N) is 2. The van der Waals surface area contributed by atoms with E-state index in [2.05, 4.69) is 20.1 Å². The quantitative estimate of drug-likeness (QED) is 0.109. The third-order valence-corrected chi connectivity index (χ3v) is 15.0. The van der Waals surface area contributed by atoms with Gasteiger partial charge in [0, 0.05) is 75.3 Å². The Hall–Kier alpha value is -7.33. The molecule has 7 heterocycles. The van der Waals surface area contributed by atoms with Gasteiger partial charge >= 0.3 is 5.76 Å². The maximum Gasteiger partial charge on any atom is 0.355 e. The van der Waals surface area contributed by atoms with Crippen LogP contribution in [0.2, 0.25) is 0 Å². The van der Waals surface area contributed by atoms with Gasteiger partial charge in [0.1, 0.15) is 35.2 Å². The minimum Gasteiger partial charge on any atom is -0.484 e. The number of aromatic nitrogens is 5. The van der Waals surface area contributed by atoms with Crippen molar-refractivity contribution in [3.63, 3.8) is 0 Å². The fraction of sp³-hybridized carbons (Fsp3) is 0.367. The number of carbonyl (C=O) groups excluding carboxylic acids is 4. The first-order valence-electron chi connectivity index (χ1n) is 23.4. The van der Waals surface area contributed by atoms with Gasteiger partial charge in [-0.25, -0.2) is 17.8 Å². The van der Waals surface area contributed by atoms with Gasteiger partial charge in [-0.05, 0) is 86.9 Å². The molecule has 0 radical (unpaired) electrons. The average Bonchev–Trinajstić information content (AvgIpc) is 4.05. The van der Waals surface area contributed by atoms with Crippen molar-refractivity contribution < 1.29 is 45.5 Å². The fourth-order valence-electron chi connectivity index (χ4n) is 10.3. The largest absolute Gasteiger partial charge is 0.484 e. The molecule has 2 atom stereocenters. The van der Waals surface area contributed by atoms with Gasteiger partial charge in [-0.3, -0.25) is 43.5 Å². The zero-order valence-electron chi connectivity index (χ0n) is 38.7. The van der Waals surface area contributed by atoms with Crippen molar-refractivity contribution in [2.24, 2.45) is 13.0 Å². The van der Waals surface area contributed by atoms with Crippen molar-refractivity contribution in [2.45, 2.75) is 69.4 Å². The predicted molar refractivity (Wildman–Crippen MR) is 256 cm³/mol. The summed E-state index contributed by atoms with van der Waals surface area (Å²) in [5.41, 5.74) is 11.1. The highest BCUT2D eigenvalue weighted by molar-refractivity contribution is 7.93. The second-order valence-corrected chi connectivity index (χ2v) is 20.2. The zero-order valence-corrected chi connectivity index (χ0v) is 39.5. The van der Waals surface area contributed by atoms with Gasteiger partial charge in [-0.15, -0.1) is 0 Å². The van der Waals surface area contributed by atoms with E-state index >= 15 is 0 Å². The summed E-state index contributed by atoms with van der Waals surface area (Å²) < 4.78 is 77.0. The van der Waals surface area contributed by atoms with Crippen LogP contribution < -0.4 is 25.4 Å². The Morgan fingerprint density at radius 2 is 1.65 bits per heavy atom. The third kappa shape index (κ3) is 9.05. The molecular formula is C49H50F3N11O7S. The van der Waals surface area contributed by atoms with Crippen LogP contribution in [0.25, 0.3) is 33.3 Å². The van der Waals surface area contributed by atoms with Crippen molar-refractivity contribution >= 4 is 61.7 Å². The number of anilines is 3. The van der Waals surface area contributed by atoms with Gasteiger partial charge in [-0.1, -0.05) is 24.3 Å². The standard InChI is InChI=1S/C49H50F3N11O7S/c1-27(29-6-9-32(50)10-7-29)70-39-22-30(8-11-36(39)58-71(68,69)49(51)52)43-42-44(59(2)57-43)35(24-54-45(42)53)31-23-55-62(26-31)33-16-18-60(19-17-33)25-28-14-20-61(21-15-28)37-5-3-4-34-41(37)48(67)63(47(34)66)38-12-13-40(64)56-46(38)65/h3-11,22-24,26-28,33,38,49,58H,12-21,25H2,1-2H3,(H2,53,54)(H,56,64,65)/t27-,38?/m0/s1. The van der Waals surface area contributed by atoms with Gasteiger partial charge < -0.3 is 20.3 Å². The summed E-state index contributed by atoms with van der Waals surface area (Å²) >= 11 is 0. The lowest BCUT2D eigenvalue weighted by atomic mass is 9.93. The number of amides is 4. The van der Waals surface area contributed by atoms with Crippen LogP contribution in [0.3, 0.4) is 0 Å². The van der Waals surface area contributed by atoms with E-state index in [0.717, 1.165) is 61.3 Å². The van der Waals surface area contributed by atoms with Crippen molar-refractivity contribution in [3.05, 3.63) is 102 Å². The molecule has 0 spiro atoms. The number of fused-ring (bicyclic) bond motifs is 2. The van der Waals surface area contributed by atoms with Crippen LogP contribution in [0.1, 0.15) is 83.9 Å². The lowest BCUT2D eigenvalue weighted by Crippen LogP contribution is -2.54. The molecule has 4 N–H and O–H groups in total. The van der Waals surface area contributed by atoms with Gasteiger partial charge in [0.2, 0.25) is 11.8 Å². The molecule has 3 fully saturated rings. The molecule has 3 saturated heterocycles. The Morgan fingerprint density at radius 1 is 0.901 bits per heavy atom. The number of pyridine rings is 1. The molecule has 0 saturated carbocycles. The Morgan fingerprint density at radius 3 is 2.37 bits per heavy atom. The zero-order chi connectivity index (χ0) is 49.9. The minimum absolute atomic E-state index is 0.0611. The molecule has 370 valence electrons. The Bertz CT molecular complexity index is 3200. The molecular weight excluding hydrogens is 944 g/mol. The van der Waals surface area contributed by atoms with Crippen LogP contribution in [0.5, 0.6) is 5.75 Å². The van der Waals surface area contributed by atoms with Crippen LogP contribution in [-0.4, -0.2) is 111 Å². The number of nitrogens with two attached hydrogens (primary N) is 1. The van der Waals surface area contributed by atoms with Crippen molar-refractivity contribution in [1.29, 1.82) is 0 Å². The smallest absolute Gasteiger partial charge is 0.355 e. The topological polar surface area (TPSA) is 220 Å². The summed E-state index contributed by atoms with van der Waals surface area (Å²) in [4.78, 5) is 61.7. The molecule has 3 aromatic heterocycles. The van der Waals surface area contributed by atoms with E-state index in [0.29, 0.717) is 58.0 Å². The Labute approximate surface area is 406 Å². The molecule has 22 heteroatoms. The maximum absolute atomic E-state index is 13.7. The summed E-state index contributed by atoms with van der Waals surface area (Å²) in [5, 5.41) is 12.3. The number of nitrogen functional groups attached to an aromatic ring is 1. The molecule has 18 nitrogen and oxygen atoms in total. The maximum atomic E-state index is 13.7. The second kappa shape index (κ2) is 18.8. The fourth-order valence-corrected chi connectivity index (χ4v) is 10.9. The Kier molecular flexibility index (Phi) is 12.5. The number of alkyl halides is 2. The number of hydrogen-bond donors (Lipinski definition) is 3. The number of hydrogen-bond acceptors (Lipinski definition) is 13. The molecule has 0 bridgehead atoms. The first kappa shape index (κ1) is 47.4. The highest BCUT2D eigenvalue weighted by atomic mass is 32.2. The number of likely N-dealkylation sites (tertiary alicyclic amines) is 1. The number of rotatable bonds is 13. The highest BCUT2D eigenvalue weighted by Gasteiger charge is 2.46. The number of carbonyl (C=O) groups is 4. The van der Waals surface area contributed by atoms with Crippen molar-refractivity contribution in [3.8, 4) is 28.1 Å². The average molecular weight is 994 g/mol. The van der Waals surface area contributed by atoms with Crippen LogP contribution >= 0.6 is 0 Å². The Balaban J connectivity index is 0.799. The lowest BCUT2D eigenvalue weighted by molar-refractivity contribution is -0.136. The number of benzene rings is 3. The van der Waals surface area contributed by atoms with Crippen molar-refractivity contribution in [1.82, 2.24) is 39.7 Å². The van der Waals surface area contributed by atoms with E-state index in [9.17, 15) is 40.8 Å². The SMILES string of the molecule is C[C@H](Oc1cc(-c2nn(C)c3c(-c4cnn(C5CCN(CC6CCN(c7cccc8c7C(=O)N(C7CCC(=O)NC7=O)C8=O)CC6)CC5)c4)cnc(N)c23)ccc1NS(=O)(=O)C(F)F)c1ccc(F)cc1. The lowest BCUT2D eigenvalue weighted by Gasteiger charge is -2.38. The second-order valence-electron chi connectivity index (χ2n) is 18.5. The van der Waals surface area contributed by atoms with E-state index in [4.69, 9.17) is 20.7 Å². The van der Waals surface area contributed by atoms with Gasteiger partial charge in [0.15, 0.2) is 0 Å². The minimum atomic E-state index is -5.07. The molecule has 4 aliphatic rings. The molecule has 10 rings (SSSR count). The number of sulfonamides is 1. The third-order valence-electron chi connectivity index (χ3n) is 14.0. The predicted octanol–water partition coefficient (Wildman–Crippen LogP) is 6.28. The monoisotopic (exact) mass is 993 g/mol. The van der Waals surface area contributed by atoms with E-state index in [1.807, 2.05) is 21.7 Å². The van der Waals surface area contributed by atoms with Gasteiger partial charge in [0.25, 0.3) is 21.8 Å². The molecule has 6 aromatic rings. The number of nitrogens with zero attached hydrogens (tertiary/aromatic N) is 8. The molecule has 4 aliphatic heterocycles. The van der Waals surface area contributed by atoms with E-state index in [1.54, 1.807) is 43.2 Å². The molecule has 0 aliphatic carbocycles. The molecule has 3 aromatic carbocycles. The first-order valence-corrected chi connectivity index (χ1v) is 24.9. The van der Waals surface area contributed by atoms with Crippen LogP contribution in [0, 0.1) is 11.7 Å². The van der Waals surface area contributed by atoms with Crippen LogP contribution in [0.4, 0.5) is 30.4 Å². The number of halogens is 3. The van der Waals surface area contributed by atoms with Crippen LogP contribution in [-0.2, 0) is 26.7 Å². The van der Waals surface area contributed by atoms with Gasteiger partial charge in [0.05, 0.1) is 45.6 Å². The first-order chi connectivity index (χ1) is 34.0. The summed E-state index contributed by atoms with van der Waals surface area (Å²) in [6, 6.07) is 14.2. The number of imide groups is 2.